The normalized spacial score (nSPS) is 22.3. The topological polar surface area (TPSA) is 92.3 Å². The fraction of sp³-hybridized carbons (Fsp3) is 0.409. The molecule has 176 valence electrons. The van der Waals surface area contributed by atoms with Crippen molar-refractivity contribution in [3.63, 3.8) is 0 Å². The van der Waals surface area contributed by atoms with Crippen LogP contribution in [0.4, 0.5) is 11.4 Å². The smallest absolute Gasteiger partial charge is 0.262 e. The van der Waals surface area contributed by atoms with E-state index in [1.165, 1.54) is 11.3 Å². The van der Waals surface area contributed by atoms with Crippen molar-refractivity contribution in [2.24, 2.45) is 4.99 Å². The molecule has 1 aromatic heterocycles. The molecule has 2 aliphatic rings. The highest BCUT2D eigenvalue weighted by Crippen LogP contribution is 2.31. The lowest BCUT2D eigenvalue weighted by Crippen LogP contribution is -2.57. The number of amidine groups is 1. The number of carbonyl (C=O) groups excluding carboxylic acids is 2. The minimum Gasteiger partial charge on any atom is -0.379 e. The van der Waals surface area contributed by atoms with E-state index in [9.17, 15) is 9.59 Å². The lowest BCUT2D eigenvalue weighted by molar-refractivity contribution is -0.122. The zero-order valence-electron chi connectivity index (χ0n) is 18.0. The molecule has 1 aromatic carbocycles. The molecule has 0 radical (unpaired) electrons. The average molecular weight is 556 g/mol. The maximum absolute atomic E-state index is 13.2. The van der Waals surface area contributed by atoms with Gasteiger partial charge in [-0.3, -0.25) is 14.6 Å². The van der Waals surface area contributed by atoms with Crippen molar-refractivity contribution in [2.75, 3.05) is 50.2 Å². The third-order valence-corrected chi connectivity index (χ3v) is 7.53. The maximum atomic E-state index is 13.2. The van der Waals surface area contributed by atoms with Crippen molar-refractivity contribution in [1.29, 1.82) is 0 Å². The molecule has 1 unspecified atom stereocenters. The Hall–Kier alpha value is -1.98. The monoisotopic (exact) mass is 554 g/mol. The highest BCUT2D eigenvalue weighted by molar-refractivity contribution is 9.11. The molecule has 2 aliphatic heterocycles. The standard InChI is InChI=1S/C22H24BrClN4O4S/c1-25-19-6-9-31-11-8-28(19)16-3-2-14(12-15(16)24)26-21(30)22(7-10-32-13-22)27-20(29)17-4-5-18(23)33-17/h2-5,12H,6-11,13H2,1H3,(H,26,30)(H,27,29). The molecule has 11 heteroatoms. The van der Waals surface area contributed by atoms with Crippen LogP contribution >= 0.6 is 38.9 Å². The number of hydrogen-bond donors (Lipinski definition) is 2. The van der Waals surface area contributed by atoms with Gasteiger partial charge in [-0.2, -0.15) is 0 Å². The molecule has 0 spiro atoms. The van der Waals surface area contributed by atoms with E-state index in [1.807, 2.05) is 11.0 Å². The second-order valence-corrected chi connectivity index (χ2v) is 10.6. The molecule has 1 atom stereocenters. The molecule has 4 rings (SSSR count). The second kappa shape index (κ2) is 10.5. The van der Waals surface area contributed by atoms with E-state index in [2.05, 4.69) is 31.6 Å². The predicted molar refractivity (Wildman–Crippen MR) is 134 cm³/mol. The third kappa shape index (κ3) is 5.41. The number of halogens is 2. The van der Waals surface area contributed by atoms with Gasteiger partial charge >= 0.3 is 0 Å². The first-order valence-corrected chi connectivity index (χ1v) is 12.5. The van der Waals surface area contributed by atoms with Gasteiger partial charge in [-0.25, -0.2) is 0 Å². The molecule has 2 N–H and O–H groups in total. The number of benzene rings is 1. The Labute approximate surface area is 209 Å². The number of hydrogen-bond acceptors (Lipinski definition) is 6. The number of nitrogens with one attached hydrogen (secondary N) is 2. The van der Waals surface area contributed by atoms with Crippen LogP contribution < -0.4 is 15.5 Å². The van der Waals surface area contributed by atoms with Crippen LogP contribution in [0, 0.1) is 0 Å². The van der Waals surface area contributed by atoms with E-state index in [4.69, 9.17) is 21.1 Å². The Bertz CT molecular complexity index is 1070. The van der Waals surface area contributed by atoms with E-state index in [-0.39, 0.29) is 18.4 Å². The molecule has 8 nitrogen and oxygen atoms in total. The SMILES string of the molecule is CN=C1CCOCCN1c1ccc(NC(=O)C2(NC(=O)c3ccc(Br)s3)CCOC2)cc1Cl. The molecular weight excluding hydrogens is 532 g/mol. The van der Waals surface area contributed by atoms with Crippen molar-refractivity contribution in [2.45, 2.75) is 18.4 Å². The second-order valence-electron chi connectivity index (χ2n) is 7.72. The molecular formula is C22H24BrClN4O4S. The van der Waals surface area contributed by atoms with Gasteiger partial charge < -0.3 is 25.0 Å². The van der Waals surface area contributed by atoms with Crippen LogP contribution in [0.3, 0.4) is 0 Å². The van der Waals surface area contributed by atoms with Crippen LogP contribution in [0.5, 0.6) is 0 Å². The molecule has 0 aliphatic carbocycles. The fourth-order valence-electron chi connectivity index (χ4n) is 3.85. The summed E-state index contributed by atoms with van der Waals surface area (Å²) < 4.78 is 11.9. The van der Waals surface area contributed by atoms with Gasteiger partial charge in [-0.15, -0.1) is 11.3 Å². The van der Waals surface area contributed by atoms with Gasteiger partial charge in [-0.05, 0) is 46.3 Å². The highest BCUT2D eigenvalue weighted by atomic mass is 79.9. The number of rotatable bonds is 5. The number of ether oxygens (including phenoxy) is 2. The summed E-state index contributed by atoms with van der Waals surface area (Å²) in [5, 5.41) is 6.27. The molecule has 3 heterocycles. The van der Waals surface area contributed by atoms with Crippen LogP contribution in [0.1, 0.15) is 22.5 Å². The summed E-state index contributed by atoms with van der Waals surface area (Å²) in [5.41, 5.74) is 0.188. The van der Waals surface area contributed by atoms with Crippen molar-refractivity contribution in [3.05, 3.63) is 44.0 Å². The Morgan fingerprint density at radius 3 is 2.73 bits per heavy atom. The number of thiophene rings is 1. The highest BCUT2D eigenvalue weighted by Gasteiger charge is 2.44. The summed E-state index contributed by atoms with van der Waals surface area (Å²) in [4.78, 5) is 32.9. The third-order valence-electron chi connectivity index (χ3n) is 5.60. The van der Waals surface area contributed by atoms with E-state index in [0.29, 0.717) is 54.8 Å². The Morgan fingerprint density at radius 2 is 2.06 bits per heavy atom. The zero-order valence-corrected chi connectivity index (χ0v) is 21.2. The lowest BCUT2D eigenvalue weighted by Gasteiger charge is -2.28. The summed E-state index contributed by atoms with van der Waals surface area (Å²) in [5.74, 6) is 0.248. The van der Waals surface area contributed by atoms with Crippen molar-refractivity contribution in [3.8, 4) is 0 Å². The number of nitrogens with zero attached hydrogens (tertiary/aromatic N) is 2. The van der Waals surface area contributed by atoms with E-state index in [1.54, 1.807) is 31.3 Å². The molecule has 2 aromatic rings. The number of aliphatic imine (C=N–C) groups is 1. The largest absolute Gasteiger partial charge is 0.379 e. The van der Waals surface area contributed by atoms with Crippen LogP contribution in [0.15, 0.2) is 39.1 Å². The van der Waals surface area contributed by atoms with Crippen molar-refractivity contribution < 1.29 is 19.1 Å². The first-order chi connectivity index (χ1) is 15.9. The molecule has 33 heavy (non-hydrogen) atoms. The molecule has 2 saturated heterocycles. The van der Waals surface area contributed by atoms with Gasteiger partial charge in [0.25, 0.3) is 11.8 Å². The zero-order chi connectivity index (χ0) is 23.4. The maximum Gasteiger partial charge on any atom is 0.262 e. The summed E-state index contributed by atoms with van der Waals surface area (Å²) in [6.45, 7) is 2.33. The molecule has 0 bridgehead atoms. The Balaban J connectivity index is 1.50. The summed E-state index contributed by atoms with van der Waals surface area (Å²) >= 11 is 11.3. The quantitative estimate of drug-likeness (QED) is 0.583. The summed E-state index contributed by atoms with van der Waals surface area (Å²) in [6, 6.07) is 8.86. The first kappa shape index (κ1) is 24.2. The van der Waals surface area contributed by atoms with Gasteiger partial charge in [0.05, 0.1) is 39.2 Å². The summed E-state index contributed by atoms with van der Waals surface area (Å²) in [7, 11) is 1.75. The number of carbonyl (C=O) groups is 2. The molecule has 2 fully saturated rings. The van der Waals surface area contributed by atoms with Crippen LogP contribution in [-0.2, 0) is 14.3 Å². The number of amides is 2. The van der Waals surface area contributed by atoms with Gasteiger partial charge in [-0.1, -0.05) is 11.6 Å². The van der Waals surface area contributed by atoms with Crippen molar-refractivity contribution in [1.82, 2.24) is 5.32 Å². The average Bonchev–Trinajstić information content (AvgIpc) is 3.38. The van der Waals surface area contributed by atoms with Gasteiger partial charge in [0.2, 0.25) is 0 Å². The van der Waals surface area contributed by atoms with Gasteiger partial charge in [0.15, 0.2) is 0 Å². The number of anilines is 2. The molecule has 2 amide bonds. The van der Waals surface area contributed by atoms with Gasteiger partial charge in [0.1, 0.15) is 11.4 Å². The molecule has 0 saturated carbocycles. The predicted octanol–water partition coefficient (Wildman–Crippen LogP) is 3.95. The van der Waals surface area contributed by atoms with E-state index in [0.717, 1.165) is 15.3 Å². The summed E-state index contributed by atoms with van der Waals surface area (Å²) in [6.07, 6.45) is 1.08. The minimum atomic E-state index is -1.15. The Kier molecular flexibility index (Phi) is 7.70. The minimum absolute atomic E-state index is 0.104. The van der Waals surface area contributed by atoms with E-state index < -0.39 is 5.54 Å². The van der Waals surface area contributed by atoms with Crippen LogP contribution in [-0.4, -0.2) is 63.2 Å². The van der Waals surface area contributed by atoms with E-state index >= 15 is 0 Å². The van der Waals surface area contributed by atoms with Crippen molar-refractivity contribution >= 4 is 67.9 Å². The van der Waals surface area contributed by atoms with Crippen LogP contribution in [0.25, 0.3) is 0 Å². The first-order valence-electron chi connectivity index (χ1n) is 10.5. The van der Waals surface area contributed by atoms with Crippen LogP contribution in [0.2, 0.25) is 5.02 Å². The van der Waals surface area contributed by atoms with Gasteiger partial charge in [0, 0.05) is 38.7 Å². The Morgan fingerprint density at radius 1 is 1.21 bits per heavy atom. The lowest BCUT2D eigenvalue weighted by atomic mass is 9.97. The fourth-order valence-corrected chi connectivity index (χ4v) is 5.41.